The van der Waals surface area contributed by atoms with Crippen molar-refractivity contribution in [2.45, 2.75) is 157 Å². The van der Waals surface area contributed by atoms with Gasteiger partial charge in [0.25, 0.3) is 0 Å². The molecule has 0 fully saturated rings. The summed E-state index contributed by atoms with van der Waals surface area (Å²) in [4.78, 5) is 0. The van der Waals surface area contributed by atoms with Gasteiger partial charge in [-0.25, -0.2) is 4.68 Å². The maximum atomic E-state index is 9.72. The van der Waals surface area contributed by atoms with Crippen LogP contribution in [0.3, 0.4) is 0 Å². The molecule has 2 aromatic carbocycles. The third-order valence-electron chi connectivity index (χ3n) is 9.27. The molecule has 1 aliphatic rings. The molecule has 0 aliphatic carbocycles. The van der Waals surface area contributed by atoms with Gasteiger partial charge in [0, 0.05) is 17.5 Å². The number of nitrogens with one attached hydrogen (secondary N) is 1. The van der Waals surface area contributed by atoms with Gasteiger partial charge in [0.05, 0.1) is 5.57 Å². The smallest absolute Gasteiger partial charge is 0.225 e. The molecular formula is C43H62N2. The van der Waals surface area contributed by atoms with Crippen LogP contribution in [0.4, 0.5) is 0 Å². The highest BCUT2D eigenvalue weighted by Gasteiger charge is 2.35. The zero-order valence-corrected chi connectivity index (χ0v) is 29.7. The fourth-order valence-electron chi connectivity index (χ4n) is 6.40. The zero-order valence-electron chi connectivity index (χ0n) is 29.7. The number of allylic oxidation sites excluding steroid dienone is 3. The topological polar surface area (TPSA) is 26.8 Å². The van der Waals surface area contributed by atoms with Crippen LogP contribution in [0.2, 0.25) is 0 Å². The maximum absolute atomic E-state index is 9.72. The highest BCUT2D eigenvalue weighted by Crippen LogP contribution is 2.36. The van der Waals surface area contributed by atoms with E-state index in [2.05, 4.69) is 95.9 Å². The van der Waals surface area contributed by atoms with E-state index in [0.29, 0.717) is 0 Å². The van der Waals surface area contributed by atoms with Gasteiger partial charge in [-0.3, -0.25) is 0 Å². The molecule has 2 heteroatoms. The third kappa shape index (κ3) is 10.8. The minimum absolute atomic E-state index is 0.919. The molecule has 0 unspecified atom stereocenters. The van der Waals surface area contributed by atoms with Gasteiger partial charge in [-0.05, 0) is 91.5 Å². The molecule has 0 aromatic heterocycles. The molecule has 1 N–H and O–H groups in total. The number of benzene rings is 2. The summed E-state index contributed by atoms with van der Waals surface area (Å²) in [6.45, 7) is 13.5. The van der Waals surface area contributed by atoms with E-state index in [0.717, 1.165) is 78.6 Å². The molecule has 3 rings (SSSR count). The lowest BCUT2D eigenvalue weighted by atomic mass is 9.91. The van der Waals surface area contributed by atoms with E-state index in [4.69, 9.17) is 0 Å². The van der Waals surface area contributed by atoms with E-state index in [1.807, 2.05) is 0 Å². The summed E-state index contributed by atoms with van der Waals surface area (Å²) in [5.41, 5.74) is 11.8. The van der Waals surface area contributed by atoms with E-state index >= 15 is 0 Å². The Kier molecular flexibility index (Phi) is 16.3. The number of rotatable bonds is 19. The normalized spacial score (nSPS) is 14.0. The monoisotopic (exact) mass is 606 g/mol. The molecule has 0 amide bonds. The highest BCUT2D eigenvalue weighted by atomic mass is 15.3. The van der Waals surface area contributed by atoms with Crippen LogP contribution < -0.4 is 0 Å². The van der Waals surface area contributed by atoms with Crippen molar-refractivity contribution in [3.8, 4) is 11.8 Å². The largest absolute Gasteiger partial charge is 0.448 e. The SMILES string of the molecule is CCCCCCCC=C1C(C#CCCCCCCCCC)=C(c2cc(CC)cc(CC)c2)[N+]([NH-])=C1c1cc(CC)cc(CC)c1. The van der Waals surface area contributed by atoms with Crippen LogP contribution in [0.5, 0.6) is 0 Å². The summed E-state index contributed by atoms with van der Waals surface area (Å²) >= 11 is 0. The van der Waals surface area contributed by atoms with Crippen molar-refractivity contribution >= 4 is 11.4 Å². The number of hydrogen-bond donors (Lipinski definition) is 0. The van der Waals surface area contributed by atoms with E-state index in [1.165, 1.54) is 92.9 Å². The van der Waals surface area contributed by atoms with Crippen molar-refractivity contribution in [3.05, 3.63) is 92.8 Å². The lowest BCUT2D eigenvalue weighted by molar-refractivity contribution is -0.347. The maximum Gasteiger partial charge on any atom is 0.225 e. The Morgan fingerprint density at radius 2 is 1.04 bits per heavy atom. The Hall–Kier alpha value is -3.05. The number of hydrogen-bond acceptors (Lipinski definition) is 0. The average molecular weight is 607 g/mol. The van der Waals surface area contributed by atoms with Gasteiger partial charge in [-0.15, -0.1) is 0 Å². The van der Waals surface area contributed by atoms with Crippen molar-refractivity contribution in [3.63, 3.8) is 0 Å². The molecule has 2 aromatic rings. The minimum atomic E-state index is 0.919. The summed E-state index contributed by atoms with van der Waals surface area (Å²) in [5.74, 6) is 17.0. The zero-order chi connectivity index (χ0) is 32.4. The second kappa shape index (κ2) is 20.2. The molecule has 0 spiro atoms. The van der Waals surface area contributed by atoms with Crippen molar-refractivity contribution in [2.24, 2.45) is 0 Å². The molecule has 0 atom stereocenters. The molecule has 244 valence electrons. The number of unbranched alkanes of at least 4 members (excludes halogenated alkanes) is 12. The predicted octanol–water partition coefficient (Wildman–Crippen LogP) is 12.6. The van der Waals surface area contributed by atoms with Crippen molar-refractivity contribution in [1.29, 1.82) is 0 Å². The Balaban J connectivity index is 2.11. The summed E-state index contributed by atoms with van der Waals surface area (Å²) in [6.07, 6.45) is 23.7. The summed E-state index contributed by atoms with van der Waals surface area (Å²) in [7, 11) is 0. The van der Waals surface area contributed by atoms with Crippen LogP contribution in [-0.4, -0.2) is 10.4 Å². The van der Waals surface area contributed by atoms with Crippen LogP contribution in [0, 0.1) is 11.8 Å². The second-order valence-electron chi connectivity index (χ2n) is 12.9. The first-order valence-electron chi connectivity index (χ1n) is 18.6. The fraction of sp³-hybridized carbons (Fsp3) is 0.558. The molecule has 2 nitrogen and oxygen atoms in total. The first kappa shape index (κ1) is 36.4. The molecule has 0 saturated heterocycles. The van der Waals surface area contributed by atoms with Gasteiger partial charge >= 0.3 is 0 Å². The van der Waals surface area contributed by atoms with Gasteiger partial charge in [0.15, 0.2) is 0 Å². The molecule has 1 aliphatic heterocycles. The molecule has 45 heavy (non-hydrogen) atoms. The lowest BCUT2D eigenvalue weighted by Gasteiger charge is -2.12. The fourth-order valence-corrected chi connectivity index (χ4v) is 6.40. The quantitative estimate of drug-likeness (QED) is 0.0864. The third-order valence-corrected chi connectivity index (χ3v) is 9.27. The van der Waals surface area contributed by atoms with Crippen LogP contribution in [-0.2, 0) is 25.7 Å². The van der Waals surface area contributed by atoms with E-state index in [-0.39, 0.29) is 0 Å². The summed E-state index contributed by atoms with van der Waals surface area (Å²) in [6, 6.07) is 13.9. The van der Waals surface area contributed by atoms with Crippen molar-refractivity contribution in [1.82, 2.24) is 0 Å². The van der Waals surface area contributed by atoms with Gasteiger partial charge in [-0.2, -0.15) is 0 Å². The Morgan fingerprint density at radius 3 is 1.56 bits per heavy atom. The van der Waals surface area contributed by atoms with Gasteiger partial charge in [-0.1, -0.05) is 136 Å². The van der Waals surface area contributed by atoms with Gasteiger partial charge in [0.1, 0.15) is 5.57 Å². The minimum Gasteiger partial charge on any atom is -0.448 e. The molecule has 0 saturated carbocycles. The Morgan fingerprint density at radius 1 is 0.578 bits per heavy atom. The first-order valence-corrected chi connectivity index (χ1v) is 18.6. The molecule has 0 bridgehead atoms. The molecular weight excluding hydrogens is 544 g/mol. The van der Waals surface area contributed by atoms with Crippen LogP contribution in [0.1, 0.15) is 165 Å². The van der Waals surface area contributed by atoms with Crippen LogP contribution in [0.15, 0.2) is 53.6 Å². The molecule has 0 radical (unpaired) electrons. The molecule has 1 heterocycles. The number of nitrogens with zero attached hydrogens (tertiary/aromatic N) is 1. The first-order chi connectivity index (χ1) is 22.0. The standard InChI is InChI=1S/C43H62N2/c1-7-13-15-17-19-20-21-23-25-27-41-40(26-24-22-18-16-14-8-2)42(38-30-34(9-3)28-35(10-4)31-38)45(44)43(41)39-32-36(11-5)29-37(12-6)33-39/h26,28-33,44H,7-24H2,1-6H3. The Bertz CT molecular complexity index is 1330. The lowest BCUT2D eigenvalue weighted by Crippen LogP contribution is -2.13. The van der Waals surface area contributed by atoms with Crippen LogP contribution in [0.25, 0.3) is 11.5 Å². The average Bonchev–Trinajstić information content (AvgIpc) is 3.35. The van der Waals surface area contributed by atoms with Gasteiger partial charge in [0.2, 0.25) is 11.4 Å². The van der Waals surface area contributed by atoms with E-state index in [9.17, 15) is 5.84 Å². The van der Waals surface area contributed by atoms with Crippen molar-refractivity contribution < 1.29 is 4.68 Å². The van der Waals surface area contributed by atoms with E-state index in [1.54, 1.807) is 4.68 Å². The van der Waals surface area contributed by atoms with E-state index < -0.39 is 0 Å². The second-order valence-corrected chi connectivity index (χ2v) is 12.9. The van der Waals surface area contributed by atoms with Crippen LogP contribution >= 0.6 is 0 Å². The summed E-state index contributed by atoms with van der Waals surface area (Å²) < 4.78 is 1.74. The number of aryl methyl sites for hydroxylation is 4. The Labute approximate surface area is 277 Å². The highest BCUT2D eigenvalue weighted by molar-refractivity contribution is 6.17. The van der Waals surface area contributed by atoms with Gasteiger partial charge < -0.3 is 5.84 Å². The predicted molar refractivity (Wildman–Crippen MR) is 198 cm³/mol. The summed E-state index contributed by atoms with van der Waals surface area (Å²) in [5, 5.41) is 0. The van der Waals surface area contributed by atoms with Crippen molar-refractivity contribution in [2.75, 3.05) is 0 Å².